The Morgan fingerprint density at radius 1 is 1.12 bits per heavy atom. The summed E-state index contributed by atoms with van der Waals surface area (Å²) in [6.07, 6.45) is 3.49. The predicted molar refractivity (Wildman–Crippen MR) is 132 cm³/mol. The van der Waals surface area contributed by atoms with Crippen molar-refractivity contribution in [3.05, 3.63) is 87.4 Å². The quantitative estimate of drug-likeness (QED) is 0.305. The van der Waals surface area contributed by atoms with Crippen LogP contribution in [0, 0.1) is 6.92 Å². The van der Waals surface area contributed by atoms with E-state index in [0.717, 1.165) is 16.8 Å². The molecule has 0 spiro atoms. The lowest BCUT2D eigenvalue weighted by atomic mass is 10.2. The Bertz CT molecular complexity index is 1360. The van der Waals surface area contributed by atoms with E-state index in [1.165, 1.54) is 28.7 Å². The summed E-state index contributed by atoms with van der Waals surface area (Å²) < 4.78 is 1.50. The molecule has 4 rings (SSSR count). The zero-order chi connectivity index (χ0) is 23.4. The van der Waals surface area contributed by atoms with Gasteiger partial charge in [-0.1, -0.05) is 66.2 Å². The Morgan fingerprint density at radius 2 is 1.85 bits per heavy atom. The topological polar surface area (TPSA) is 89.8 Å². The maximum absolute atomic E-state index is 13.3. The summed E-state index contributed by atoms with van der Waals surface area (Å²) in [7, 11) is 0. The van der Waals surface area contributed by atoms with Crippen molar-refractivity contribution in [3.8, 4) is 0 Å². The molecule has 4 aromatic rings. The average molecular weight is 480 g/mol. The highest BCUT2D eigenvalue weighted by molar-refractivity contribution is 8.00. The maximum atomic E-state index is 13.3. The van der Waals surface area contributed by atoms with Gasteiger partial charge < -0.3 is 5.32 Å². The summed E-state index contributed by atoms with van der Waals surface area (Å²) in [5.41, 5.74) is 2.69. The molecule has 1 amide bonds. The van der Waals surface area contributed by atoms with Gasteiger partial charge in [0.1, 0.15) is 0 Å². The van der Waals surface area contributed by atoms with Crippen molar-refractivity contribution in [2.45, 2.75) is 37.2 Å². The minimum absolute atomic E-state index is 0.163. The minimum Gasteiger partial charge on any atom is -0.325 e. The van der Waals surface area contributed by atoms with Crippen molar-refractivity contribution < 1.29 is 4.79 Å². The first kappa shape index (κ1) is 22.9. The number of anilines is 1. The number of aryl methyl sites for hydroxylation is 1. The summed E-state index contributed by atoms with van der Waals surface area (Å²) >= 11 is 7.58. The molecule has 9 heteroatoms. The molecule has 7 nitrogen and oxygen atoms in total. The Labute approximate surface area is 200 Å². The standard InChI is InChI=1S/C24H22ClN5O2S/c1-3-19(22(31)28-17-10-8-15(2)9-11-17)33-24-29-21-20(26-12-13-27-21)23(32)30(24)14-16-6-4-5-7-18(16)25/h4-13,19H,3,14H2,1-2H3,(H,28,31). The monoisotopic (exact) mass is 479 g/mol. The third-order valence-electron chi connectivity index (χ3n) is 5.08. The lowest BCUT2D eigenvalue weighted by Gasteiger charge is -2.18. The van der Waals surface area contributed by atoms with Gasteiger partial charge in [-0.25, -0.2) is 15.0 Å². The molecular weight excluding hydrogens is 458 g/mol. The van der Waals surface area contributed by atoms with Crippen molar-refractivity contribution in [2.24, 2.45) is 0 Å². The number of carbonyl (C=O) groups is 1. The normalized spacial score (nSPS) is 12.0. The van der Waals surface area contributed by atoms with Gasteiger partial charge in [-0.15, -0.1) is 0 Å². The summed E-state index contributed by atoms with van der Waals surface area (Å²) in [5.74, 6) is -0.163. The largest absolute Gasteiger partial charge is 0.325 e. The van der Waals surface area contributed by atoms with Crippen LogP contribution < -0.4 is 10.9 Å². The number of fused-ring (bicyclic) bond motifs is 1. The van der Waals surface area contributed by atoms with Crippen LogP contribution in [0.5, 0.6) is 0 Å². The van der Waals surface area contributed by atoms with Gasteiger partial charge in [0.05, 0.1) is 11.8 Å². The predicted octanol–water partition coefficient (Wildman–Crippen LogP) is 4.71. The second kappa shape index (κ2) is 10.1. The molecule has 1 N–H and O–H groups in total. The number of hydrogen-bond acceptors (Lipinski definition) is 6. The third-order valence-corrected chi connectivity index (χ3v) is 6.80. The van der Waals surface area contributed by atoms with E-state index in [-0.39, 0.29) is 29.2 Å². The molecule has 0 radical (unpaired) electrons. The lowest BCUT2D eigenvalue weighted by molar-refractivity contribution is -0.115. The summed E-state index contributed by atoms with van der Waals surface area (Å²) in [5, 5.41) is 3.41. The highest BCUT2D eigenvalue weighted by Crippen LogP contribution is 2.27. The molecule has 2 aromatic carbocycles. The van der Waals surface area contributed by atoms with Crippen LogP contribution in [-0.2, 0) is 11.3 Å². The van der Waals surface area contributed by atoms with Gasteiger partial charge in [-0.05, 0) is 37.1 Å². The van der Waals surface area contributed by atoms with Crippen molar-refractivity contribution in [1.29, 1.82) is 0 Å². The first-order valence-corrected chi connectivity index (χ1v) is 11.7. The zero-order valence-corrected chi connectivity index (χ0v) is 19.7. The van der Waals surface area contributed by atoms with Gasteiger partial charge in [0.2, 0.25) is 5.91 Å². The Balaban J connectivity index is 1.70. The first-order valence-electron chi connectivity index (χ1n) is 10.5. The second-order valence-electron chi connectivity index (χ2n) is 7.48. The van der Waals surface area contributed by atoms with Crippen LogP contribution in [0.15, 0.2) is 70.9 Å². The zero-order valence-electron chi connectivity index (χ0n) is 18.2. The molecular formula is C24H22ClN5O2S. The fraction of sp³-hybridized carbons (Fsp3) is 0.208. The summed E-state index contributed by atoms with van der Waals surface area (Å²) in [6.45, 7) is 4.11. The van der Waals surface area contributed by atoms with E-state index in [2.05, 4.69) is 20.3 Å². The van der Waals surface area contributed by atoms with Crippen LogP contribution in [0.4, 0.5) is 5.69 Å². The number of nitrogens with zero attached hydrogens (tertiary/aromatic N) is 4. The van der Waals surface area contributed by atoms with Crippen LogP contribution in [0.25, 0.3) is 11.2 Å². The number of thioether (sulfide) groups is 1. The fourth-order valence-corrected chi connectivity index (χ4v) is 4.46. The number of aromatic nitrogens is 4. The molecule has 0 saturated carbocycles. The Kier molecular flexibility index (Phi) is 7.05. The van der Waals surface area contributed by atoms with Gasteiger partial charge in [-0.2, -0.15) is 0 Å². The average Bonchev–Trinajstić information content (AvgIpc) is 2.82. The van der Waals surface area contributed by atoms with Crippen molar-refractivity contribution >= 4 is 46.1 Å². The third kappa shape index (κ3) is 5.23. The minimum atomic E-state index is -0.468. The van der Waals surface area contributed by atoms with E-state index in [9.17, 15) is 9.59 Å². The Hall–Kier alpha value is -3.23. The smallest absolute Gasteiger partial charge is 0.282 e. The molecule has 168 valence electrons. The highest BCUT2D eigenvalue weighted by atomic mass is 35.5. The van der Waals surface area contributed by atoms with Crippen LogP contribution in [0.2, 0.25) is 5.02 Å². The maximum Gasteiger partial charge on any atom is 0.282 e. The SMILES string of the molecule is CCC(Sc1nc2nccnc2c(=O)n1Cc1ccccc1Cl)C(=O)Nc1ccc(C)cc1. The van der Waals surface area contributed by atoms with Crippen molar-refractivity contribution in [2.75, 3.05) is 5.32 Å². The van der Waals surface area contributed by atoms with Crippen LogP contribution in [-0.4, -0.2) is 30.7 Å². The Morgan fingerprint density at radius 3 is 2.58 bits per heavy atom. The molecule has 2 aromatic heterocycles. The van der Waals surface area contributed by atoms with E-state index >= 15 is 0 Å². The van der Waals surface area contributed by atoms with Crippen LogP contribution >= 0.6 is 23.4 Å². The molecule has 0 bridgehead atoms. The summed E-state index contributed by atoms with van der Waals surface area (Å²) in [6, 6.07) is 14.9. The molecule has 33 heavy (non-hydrogen) atoms. The van der Waals surface area contributed by atoms with E-state index in [4.69, 9.17) is 11.6 Å². The number of benzene rings is 2. The number of amides is 1. The number of rotatable bonds is 7. The number of nitrogens with one attached hydrogen (secondary N) is 1. The van der Waals surface area contributed by atoms with Gasteiger partial charge in [-0.3, -0.25) is 14.2 Å². The first-order chi connectivity index (χ1) is 16.0. The van der Waals surface area contributed by atoms with Crippen LogP contribution in [0.1, 0.15) is 24.5 Å². The molecule has 0 aliphatic carbocycles. The number of halogens is 1. The number of carbonyl (C=O) groups excluding carboxylic acids is 1. The lowest BCUT2D eigenvalue weighted by Crippen LogP contribution is -2.29. The van der Waals surface area contributed by atoms with Gasteiger partial charge in [0, 0.05) is 23.1 Å². The second-order valence-corrected chi connectivity index (χ2v) is 9.05. The molecule has 0 aliphatic heterocycles. The van der Waals surface area contributed by atoms with E-state index < -0.39 is 5.25 Å². The summed E-state index contributed by atoms with van der Waals surface area (Å²) in [4.78, 5) is 39.2. The molecule has 2 heterocycles. The van der Waals surface area contributed by atoms with Gasteiger partial charge >= 0.3 is 0 Å². The molecule has 0 fully saturated rings. The highest BCUT2D eigenvalue weighted by Gasteiger charge is 2.23. The van der Waals surface area contributed by atoms with Crippen molar-refractivity contribution in [3.63, 3.8) is 0 Å². The van der Waals surface area contributed by atoms with Gasteiger partial charge in [0.15, 0.2) is 16.3 Å². The fourth-order valence-electron chi connectivity index (χ4n) is 3.26. The molecule has 1 unspecified atom stereocenters. The van der Waals surface area contributed by atoms with Crippen LogP contribution in [0.3, 0.4) is 0 Å². The van der Waals surface area contributed by atoms with Crippen molar-refractivity contribution in [1.82, 2.24) is 19.5 Å². The van der Waals surface area contributed by atoms with Gasteiger partial charge in [0.25, 0.3) is 5.56 Å². The molecule has 1 atom stereocenters. The molecule has 0 saturated heterocycles. The number of hydrogen-bond donors (Lipinski definition) is 1. The van der Waals surface area contributed by atoms with E-state index in [1.807, 2.05) is 56.3 Å². The molecule has 0 aliphatic rings. The van der Waals surface area contributed by atoms with E-state index in [0.29, 0.717) is 16.6 Å². The van der Waals surface area contributed by atoms with E-state index in [1.54, 1.807) is 6.07 Å².